The van der Waals surface area contributed by atoms with Crippen LogP contribution in [0.2, 0.25) is 0 Å². The largest absolute Gasteiger partial charge is 0.507 e. The van der Waals surface area contributed by atoms with Crippen molar-refractivity contribution in [1.29, 1.82) is 5.26 Å². The van der Waals surface area contributed by atoms with Gasteiger partial charge in [-0.2, -0.15) is 5.26 Å². The molecule has 0 fully saturated rings. The molecule has 0 aliphatic rings. The second-order valence-electron chi connectivity index (χ2n) is 4.36. The average Bonchev–Trinajstić information content (AvgIpc) is 2.91. The zero-order valence-corrected chi connectivity index (χ0v) is 13.1. The van der Waals surface area contributed by atoms with Crippen LogP contribution in [-0.4, -0.2) is 10.1 Å². The molecule has 0 aliphatic heterocycles. The summed E-state index contributed by atoms with van der Waals surface area (Å²) in [6.45, 7) is 0. The van der Waals surface area contributed by atoms with Gasteiger partial charge in [0.25, 0.3) is 0 Å². The van der Waals surface area contributed by atoms with Gasteiger partial charge >= 0.3 is 0 Å². The third-order valence-electron chi connectivity index (χ3n) is 2.93. The lowest BCUT2D eigenvalue weighted by Crippen LogP contribution is -1.81. The molecule has 0 saturated heterocycles. The maximum absolute atomic E-state index is 9.87. The van der Waals surface area contributed by atoms with Crippen LogP contribution in [0.3, 0.4) is 0 Å². The van der Waals surface area contributed by atoms with Crippen molar-refractivity contribution >= 4 is 49.1 Å². The Morgan fingerprint density at radius 2 is 2.10 bits per heavy atom. The molecular formula is C16H9BrN2OS. The van der Waals surface area contributed by atoms with Crippen LogP contribution in [0, 0.1) is 11.3 Å². The average molecular weight is 357 g/mol. The van der Waals surface area contributed by atoms with E-state index in [2.05, 4.69) is 27.0 Å². The minimum absolute atomic E-state index is 0.132. The standard InChI is InChI=1S/C16H9BrN2OS/c17-12-5-6-14(20)10(8-12)7-11(9-18)16-19-13-3-1-2-4-15(13)21-16/h1-8,20H/b11-7-. The Kier molecular flexibility index (Phi) is 3.74. The van der Waals surface area contributed by atoms with E-state index in [0.717, 1.165) is 14.7 Å². The van der Waals surface area contributed by atoms with Crippen molar-refractivity contribution in [2.24, 2.45) is 0 Å². The maximum atomic E-state index is 9.87. The van der Waals surface area contributed by atoms with Gasteiger partial charge in [-0.15, -0.1) is 11.3 Å². The first kappa shape index (κ1) is 13.8. The molecule has 5 heteroatoms. The highest BCUT2D eigenvalue weighted by Crippen LogP contribution is 2.30. The Morgan fingerprint density at radius 3 is 2.86 bits per heavy atom. The van der Waals surface area contributed by atoms with Crippen LogP contribution in [0.15, 0.2) is 46.9 Å². The molecule has 21 heavy (non-hydrogen) atoms. The van der Waals surface area contributed by atoms with E-state index < -0.39 is 0 Å². The van der Waals surface area contributed by atoms with E-state index in [1.54, 1.807) is 24.3 Å². The summed E-state index contributed by atoms with van der Waals surface area (Å²) in [5.74, 6) is 0.132. The number of nitriles is 1. The number of nitrogens with zero attached hydrogens (tertiary/aromatic N) is 2. The number of halogens is 1. The van der Waals surface area contributed by atoms with E-state index in [9.17, 15) is 10.4 Å². The lowest BCUT2D eigenvalue weighted by atomic mass is 10.1. The van der Waals surface area contributed by atoms with Gasteiger partial charge in [0.05, 0.1) is 15.8 Å². The number of rotatable bonds is 2. The van der Waals surface area contributed by atoms with Crippen LogP contribution in [0.5, 0.6) is 5.75 Å². The molecule has 1 heterocycles. The van der Waals surface area contributed by atoms with Gasteiger partial charge in [0.2, 0.25) is 0 Å². The van der Waals surface area contributed by atoms with Crippen molar-refractivity contribution in [3.05, 3.63) is 57.5 Å². The van der Waals surface area contributed by atoms with Crippen molar-refractivity contribution in [3.63, 3.8) is 0 Å². The van der Waals surface area contributed by atoms with Crippen LogP contribution in [0.4, 0.5) is 0 Å². The Labute approximate surface area is 133 Å². The van der Waals surface area contributed by atoms with E-state index >= 15 is 0 Å². The highest BCUT2D eigenvalue weighted by atomic mass is 79.9. The molecule has 1 N–H and O–H groups in total. The Bertz CT molecular complexity index is 860. The molecule has 0 unspecified atom stereocenters. The molecule has 1 aromatic heterocycles. The van der Waals surface area contributed by atoms with Crippen molar-refractivity contribution in [3.8, 4) is 11.8 Å². The fourth-order valence-electron chi connectivity index (χ4n) is 1.93. The molecule has 102 valence electrons. The number of fused-ring (bicyclic) bond motifs is 1. The number of phenols is 1. The van der Waals surface area contributed by atoms with Gasteiger partial charge in [0.1, 0.15) is 16.8 Å². The maximum Gasteiger partial charge on any atom is 0.135 e. The smallest absolute Gasteiger partial charge is 0.135 e. The zero-order chi connectivity index (χ0) is 14.8. The molecule has 0 spiro atoms. The molecular weight excluding hydrogens is 348 g/mol. The highest BCUT2D eigenvalue weighted by Gasteiger charge is 2.09. The minimum Gasteiger partial charge on any atom is -0.507 e. The summed E-state index contributed by atoms with van der Waals surface area (Å²) < 4.78 is 1.88. The third kappa shape index (κ3) is 2.82. The number of benzene rings is 2. The number of para-hydroxylation sites is 1. The summed E-state index contributed by atoms with van der Waals surface area (Å²) >= 11 is 4.82. The summed E-state index contributed by atoms with van der Waals surface area (Å²) in [5.41, 5.74) is 1.89. The summed E-state index contributed by atoms with van der Waals surface area (Å²) in [7, 11) is 0. The summed E-state index contributed by atoms with van der Waals surface area (Å²) in [6.07, 6.45) is 1.65. The Balaban J connectivity index is 2.11. The second-order valence-corrected chi connectivity index (χ2v) is 6.31. The van der Waals surface area contributed by atoms with Crippen LogP contribution >= 0.6 is 27.3 Å². The molecule has 3 aromatic rings. The molecule has 3 rings (SSSR count). The van der Waals surface area contributed by atoms with Gasteiger partial charge in [-0.1, -0.05) is 28.1 Å². The van der Waals surface area contributed by atoms with Gasteiger partial charge in [-0.25, -0.2) is 4.98 Å². The minimum atomic E-state index is 0.132. The van der Waals surface area contributed by atoms with Gasteiger partial charge in [-0.3, -0.25) is 0 Å². The van der Waals surface area contributed by atoms with Crippen molar-refractivity contribution in [2.45, 2.75) is 0 Å². The molecule has 0 saturated carbocycles. The number of allylic oxidation sites excluding steroid dienone is 1. The topological polar surface area (TPSA) is 56.9 Å². The van der Waals surface area contributed by atoms with E-state index in [4.69, 9.17) is 0 Å². The van der Waals surface area contributed by atoms with Crippen molar-refractivity contribution in [1.82, 2.24) is 4.98 Å². The second kappa shape index (κ2) is 5.68. The SMILES string of the molecule is N#C/C(=C/c1cc(Br)ccc1O)c1nc2ccccc2s1. The van der Waals surface area contributed by atoms with Crippen molar-refractivity contribution in [2.75, 3.05) is 0 Å². The Morgan fingerprint density at radius 1 is 1.29 bits per heavy atom. The predicted octanol–water partition coefficient (Wildman–Crippen LogP) is 4.83. The number of aromatic nitrogens is 1. The first-order chi connectivity index (χ1) is 10.2. The van der Waals surface area contributed by atoms with Crippen LogP contribution in [0.25, 0.3) is 21.9 Å². The van der Waals surface area contributed by atoms with Gasteiger partial charge in [0.15, 0.2) is 0 Å². The molecule has 0 atom stereocenters. The lowest BCUT2D eigenvalue weighted by Gasteiger charge is -2.00. The number of hydrogen-bond donors (Lipinski definition) is 1. The summed E-state index contributed by atoms with van der Waals surface area (Å²) in [5, 5.41) is 19.9. The van der Waals surface area contributed by atoms with Gasteiger partial charge < -0.3 is 5.11 Å². The monoisotopic (exact) mass is 356 g/mol. The van der Waals surface area contributed by atoms with E-state index in [1.807, 2.05) is 24.3 Å². The number of thiazole rings is 1. The fourth-order valence-corrected chi connectivity index (χ4v) is 3.24. The van der Waals surface area contributed by atoms with E-state index in [0.29, 0.717) is 16.1 Å². The first-order valence-electron chi connectivity index (χ1n) is 6.13. The van der Waals surface area contributed by atoms with Gasteiger partial charge in [0, 0.05) is 10.0 Å². The normalized spacial score (nSPS) is 11.5. The highest BCUT2D eigenvalue weighted by molar-refractivity contribution is 9.10. The number of aromatic hydroxyl groups is 1. The molecule has 3 nitrogen and oxygen atoms in total. The Hall–Kier alpha value is -2.16. The van der Waals surface area contributed by atoms with E-state index in [-0.39, 0.29) is 5.75 Å². The van der Waals surface area contributed by atoms with Crippen LogP contribution < -0.4 is 0 Å². The fraction of sp³-hybridized carbons (Fsp3) is 0. The van der Waals surface area contributed by atoms with Crippen LogP contribution in [-0.2, 0) is 0 Å². The molecule has 0 amide bonds. The predicted molar refractivity (Wildman–Crippen MR) is 88.9 cm³/mol. The molecule has 0 bridgehead atoms. The quantitative estimate of drug-likeness (QED) is 0.669. The third-order valence-corrected chi connectivity index (χ3v) is 4.50. The molecule has 0 aliphatic carbocycles. The van der Waals surface area contributed by atoms with Gasteiger partial charge in [-0.05, 0) is 36.4 Å². The summed E-state index contributed by atoms with van der Waals surface area (Å²) in [6, 6.07) is 15.0. The molecule has 2 aromatic carbocycles. The van der Waals surface area contributed by atoms with Crippen LogP contribution in [0.1, 0.15) is 10.6 Å². The first-order valence-corrected chi connectivity index (χ1v) is 7.74. The lowest BCUT2D eigenvalue weighted by molar-refractivity contribution is 0.474. The number of hydrogen-bond acceptors (Lipinski definition) is 4. The summed E-state index contributed by atoms with van der Waals surface area (Å²) in [4.78, 5) is 4.47. The van der Waals surface area contributed by atoms with Crippen molar-refractivity contribution < 1.29 is 5.11 Å². The van der Waals surface area contributed by atoms with E-state index in [1.165, 1.54) is 11.3 Å². The number of phenolic OH excluding ortho intramolecular Hbond substituents is 1. The molecule has 0 radical (unpaired) electrons. The zero-order valence-electron chi connectivity index (χ0n) is 10.7.